The number of methoxy groups -OCH3 is 1. The van der Waals surface area contributed by atoms with Crippen molar-refractivity contribution >= 4 is 17.2 Å². The zero-order valence-corrected chi connectivity index (χ0v) is 13.5. The number of nitrogens with one attached hydrogen (secondary N) is 1. The molecule has 0 aliphatic heterocycles. The van der Waals surface area contributed by atoms with Crippen LogP contribution in [0.1, 0.15) is 15.9 Å². The van der Waals surface area contributed by atoms with E-state index in [4.69, 9.17) is 4.74 Å². The van der Waals surface area contributed by atoms with Gasteiger partial charge in [0.05, 0.1) is 17.7 Å². The first-order chi connectivity index (χ1) is 11.3. The van der Waals surface area contributed by atoms with Crippen molar-refractivity contribution < 1.29 is 9.53 Å². The summed E-state index contributed by atoms with van der Waals surface area (Å²) in [4.78, 5) is 17.8. The Bertz CT molecular complexity index is 800. The van der Waals surface area contributed by atoms with Gasteiger partial charge in [-0.15, -0.1) is 11.3 Å². The van der Waals surface area contributed by atoms with Crippen LogP contribution >= 0.6 is 11.3 Å². The molecule has 1 aromatic carbocycles. The fourth-order valence-electron chi connectivity index (χ4n) is 2.26. The Morgan fingerprint density at radius 1 is 1.22 bits per heavy atom. The van der Waals surface area contributed by atoms with E-state index in [1.807, 2.05) is 35.7 Å². The topological polar surface area (TPSA) is 51.2 Å². The average molecular weight is 324 g/mol. The first kappa shape index (κ1) is 15.2. The molecule has 0 radical (unpaired) electrons. The minimum atomic E-state index is -0.134. The molecule has 0 atom stereocenters. The lowest BCUT2D eigenvalue weighted by atomic mass is 10.1. The summed E-state index contributed by atoms with van der Waals surface area (Å²) in [5.74, 6) is 0.531. The summed E-state index contributed by atoms with van der Waals surface area (Å²) < 4.78 is 5.15. The molecule has 0 bridgehead atoms. The Morgan fingerprint density at radius 2 is 2.13 bits per heavy atom. The number of nitrogens with zero attached hydrogens (tertiary/aromatic N) is 1. The van der Waals surface area contributed by atoms with Gasteiger partial charge in [-0.1, -0.05) is 18.2 Å². The van der Waals surface area contributed by atoms with E-state index in [0.29, 0.717) is 17.9 Å². The van der Waals surface area contributed by atoms with E-state index in [2.05, 4.69) is 10.3 Å². The third-order valence-electron chi connectivity index (χ3n) is 3.42. The van der Waals surface area contributed by atoms with Crippen LogP contribution in [0.4, 0.5) is 0 Å². The van der Waals surface area contributed by atoms with Crippen molar-refractivity contribution in [1.29, 1.82) is 0 Å². The van der Waals surface area contributed by atoms with Crippen molar-refractivity contribution in [2.45, 2.75) is 6.54 Å². The highest BCUT2D eigenvalue weighted by molar-refractivity contribution is 7.13. The van der Waals surface area contributed by atoms with E-state index in [0.717, 1.165) is 16.1 Å². The van der Waals surface area contributed by atoms with Gasteiger partial charge in [-0.3, -0.25) is 9.78 Å². The molecule has 116 valence electrons. The molecule has 2 aromatic heterocycles. The number of aromatic nitrogens is 1. The largest absolute Gasteiger partial charge is 0.497 e. The summed E-state index contributed by atoms with van der Waals surface area (Å²) in [6.07, 6.45) is 1.77. The van der Waals surface area contributed by atoms with Crippen LogP contribution in [0.2, 0.25) is 0 Å². The van der Waals surface area contributed by atoms with Gasteiger partial charge < -0.3 is 10.1 Å². The van der Waals surface area contributed by atoms with E-state index in [1.165, 1.54) is 0 Å². The number of thiophene rings is 1. The van der Waals surface area contributed by atoms with E-state index in [1.54, 1.807) is 42.8 Å². The van der Waals surface area contributed by atoms with Crippen LogP contribution < -0.4 is 10.1 Å². The zero-order valence-electron chi connectivity index (χ0n) is 12.7. The Morgan fingerprint density at radius 3 is 2.91 bits per heavy atom. The van der Waals surface area contributed by atoms with Gasteiger partial charge >= 0.3 is 0 Å². The molecular formula is C18H16N2O2S. The smallest absolute Gasteiger partial charge is 0.251 e. The average Bonchev–Trinajstić information content (AvgIpc) is 3.14. The number of hydrogen-bond acceptors (Lipinski definition) is 4. The molecule has 1 amide bonds. The minimum Gasteiger partial charge on any atom is -0.497 e. The van der Waals surface area contributed by atoms with Gasteiger partial charge in [-0.2, -0.15) is 0 Å². The van der Waals surface area contributed by atoms with Crippen molar-refractivity contribution in [2.75, 3.05) is 7.11 Å². The number of ether oxygens (including phenoxy) is 1. The predicted molar refractivity (Wildman–Crippen MR) is 91.7 cm³/mol. The number of pyridine rings is 1. The van der Waals surface area contributed by atoms with Crippen LogP contribution in [0.25, 0.3) is 10.6 Å². The van der Waals surface area contributed by atoms with Gasteiger partial charge in [0, 0.05) is 18.3 Å². The molecule has 3 rings (SSSR count). The lowest BCUT2D eigenvalue weighted by molar-refractivity contribution is 0.0950. The molecule has 0 unspecified atom stereocenters. The highest BCUT2D eigenvalue weighted by Crippen LogP contribution is 2.25. The third kappa shape index (κ3) is 3.57. The first-order valence-corrected chi connectivity index (χ1v) is 8.06. The lowest BCUT2D eigenvalue weighted by Gasteiger charge is -2.09. The van der Waals surface area contributed by atoms with Gasteiger partial charge in [0.25, 0.3) is 5.91 Å². The minimum absolute atomic E-state index is 0.134. The molecule has 0 saturated carbocycles. The molecule has 5 heteroatoms. The number of rotatable bonds is 5. The van der Waals surface area contributed by atoms with Crippen molar-refractivity contribution in [3.05, 3.63) is 71.2 Å². The Hall–Kier alpha value is -2.66. The van der Waals surface area contributed by atoms with Crippen LogP contribution in [0.5, 0.6) is 5.75 Å². The molecule has 0 aliphatic carbocycles. The standard InChI is InChI=1S/C18H16N2O2S/c1-22-15-7-2-5-13(11-15)18(21)20-12-14-6-3-9-19-17(14)16-8-4-10-23-16/h2-11H,12H2,1H3,(H,20,21). The van der Waals surface area contributed by atoms with Crippen molar-refractivity contribution in [3.63, 3.8) is 0 Å². The van der Waals surface area contributed by atoms with Crippen molar-refractivity contribution in [1.82, 2.24) is 10.3 Å². The normalized spacial score (nSPS) is 10.3. The Balaban J connectivity index is 1.75. The molecule has 23 heavy (non-hydrogen) atoms. The van der Waals surface area contributed by atoms with E-state index < -0.39 is 0 Å². The molecule has 3 aromatic rings. The van der Waals surface area contributed by atoms with Crippen LogP contribution in [0.15, 0.2) is 60.1 Å². The van der Waals surface area contributed by atoms with Gasteiger partial charge in [0.2, 0.25) is 0 Å². The molecule has 4 nitrogen and oxygen atoms in total. The Kier molecular flexibility index (Phi) is 4.68. The van der Waals surface area contributed by atoms with E-state index >= 15 is 0 Å². The van der Waals surface area contributed by atoms with Gasteiger partial charge in [-0.05, 0) is 41.3 Å². The maximum absolute atomic E-state index is 12.3. The first-order valence-electron chi connectivity index (χ1n) is 7.18. The van der Waals surface area contributed by atoms with Crippen LogP contribution in [0.3, 0.4) is 0 Å². The van der Waals surface area contributed by atoms with E-state index in [9.17, 15) is 4.79 Å². The summed E-state index contributed by atoms with van der Waals surface area (Å²) in [6, 6.07) is 15.0. The van der Waals surface area contributed by atoms with Crippen LogP contribution in [-0.4, -0.2) is 18.0 Å². The highest BCUT2D eigenvalue weighted by atomic mass is 32.1. The number of carbonyl (C=O) groups is 1. The highest BCUT2D eigenvalue weighted by Gasteiger charge is 2.10. The number of amides is 1. The molecule has 0 aliphatic rings. The molecule has 0 spiro atoms. The van der Waals surface area contributed by atoms with Gasteiger partial charge in [0.15, 0.2) is 0 Å². The van der Waals surface area contributed by atoms with E-state index in [-0.39, 0.29) is 5.91 Å². The molecule has 0 saturated heterocycles. The zero-order chi connectivity index (χ0) is 16.1. The van der Waals surface area contributed by atoms with Crippen molar-refractivity contribution in [2.24, 2.45) is 0 Å². The number of hydrogen-bond donors (Lipinski definition) is 1. The summed E-state index contributed by atoms with van der Waals surface area (Å²) in [6.45, 7) is 0.428. The summed E-state index contributed by atoms with van der Waals surface area (Å²) >= 11 is 1.63. The quantitative estimate of drug-likeness (QED) is 0.777. The van der Waals surface area contributed by atoms with Gasteiger partial charge in [-0.25, -0.2) is 0 Å². The fraction of sp³-hybridized carbons (Fsp3) is 0.111. The second kappa shape index (κ2) is 7.07. The van der Waals surface area contributed by atoms with Crippen LogP contribution in [-0.2, 0) is 6.54 Å². The van der Waals surface area contributed by atoms with Crippen LogP contribution in [0, 0.1) is 0 Å². The van der Waals surface area contributed by atoms with Crippen molar-refractivity contribution in [3.8, 4) is 16.3 Å². The second-order valence-electron chi connectivity index (χ2n) is 4.90. The summed E-state index contributed by atoms with van der Waals surface area (Å²) in [7, 11) is 1.58. The monoisotopic (exact) mass is 324 g/mol. The molecule has 1 N–H and O–H groups in total. The second-order valence-corrected chi connectivity index (χ2v) is 5.85. The van der Waals surface area contributed by atoms with Gasteiger partial charge in [0.1, 0.15) is 5.75 Å². The maximum Gasteiger partial charge on any atom is 0.251 e. The molecule has 0 fully saturated rings. The number of benzene rings is 1. The maximum atomic E-state index is 12.3. The lowest BCUT2D eigenvalue weighted by Crippen LogP contribution is -2.23. The Labute approximate surface area is 138 Å². The molecule has 2 heterocycles. The third-order valence-corrected chi connectivity index (χ3v) is 4.29. The predicted octanol–water partition coefficient (Wildman–Crippen LogP) is 3.75. The fourth-order valence-corrected chi connectivity index (χ4v) is 3.01. The summed E-state index contributed by atoms with van der Waals surface area (Å²) in [5.41, 5.74) is 2.48. The molecular weight excluding hydrogens is 308 g/mol. The number of carbonyl (C=O) groups excluding carboxylic acids is 1. The SMILES string of the molecule is COc1cccc(C(=O)NCc2cccnc2-c2cccs2)c1. The summed E-state index contributed by atoms with van der Waals surface area (Å²) in [5, 5.41) is 4.96.